The van der Waals surface area contributed by atoms with Gasteiger partial charge in [0.15, 0.2) is 0 Å². The predicted octanol–water partition coefficient (Wildman–Crippen LogP) is 3.71. The number of hydrogen-bond donors (Lipinski definition) is 0. The van der Waals surface area contributed by atoms with E-state index in [-0.39, 0.29) is 0 Å². The molecule has 5 nitrogen and oxygen atoms in total. The fraction of sp³-hybridized carbons (Fsp3) is 0.263. The highest BCUT2D eigenvalue weighted by Gasteiger charge is 2.19. The van der Waals surface area contributed by atoms with Crippen molar-refractivity contribution in [1.29, 1.82) is 0 Å². The molecule has 1 aliphatic rings. The van der Waals surface area contributed by atoms with Crippen molar-refractivity contribution >= 4 is 17.4 Å². The summed E-state index contributed by atoms with van der Waals surface area (Å²) in [5.74, 6) is 1.62. The Balaban J connectivity index is 1.37. The molecule has 1 saturated heterocycles. The van der Waals surface area contributed by atoms with Crippen LogP contribution in [-0.4, -0.2) is 41.0 Å². The summed E-state index contributed by atoms with van der Waals surface area (Å²) in [5, 5.41) is 0.653. The summed E-state index contributed by atoms with van der Waals surface area (Å²) in [6.07, 6.45) is 3.57. The molecule has 3 heterocycles. The number of hydrogen-bond acceptors (Lipinski definition) is 5. The van der Waals surface area contributed by atoms with Crippen LogP contribution in [-0.2, 0) is 6.54 Å². The SMILES string of the molecule is Clc1ccccc1-c1nc(CN2CCN(c3ccccn3)CC2)co1. The Kier molecular flexibility index (Phi) is 4.68. The zero-order valence-corrected chi connectivity index (χ0v) is 14.6. The maximum absolute atomic E-state index is 6.21. The monoisotopic (exact) mass is 354 g/mol. The summed E-state index contributed by atoms with van der Waals surface area (Å²) >= 11 is 6.21. The number of nitrogens with zero attached hydrogens (tertiary/aromatic N) is 4. The first-order chi connectivity index (χ1) is 12.3. The molecule has 0 spiro atoms. The number of benzene rings is 1. The van der Waals surface area contributed by atoms with Crippen LogP contribution in [0.25, 0.3) is 11.5 Å². The van der Waals surface area contributed by atoms with Crippen LogP contribution in [0.4, 0.5) is 5.82 Å². The Hall–Kier alpha value is -2.37. The maximum atomic E-state index is 6.21. The van der Waals surface area contributed by atoms with E-state index in [0.717, 1.165) is 49.8 Å². The smallest absolute Gasteiger partial charge is 0.227 e. The number of oxazole rings is 1. The predicted molar refractivity (Wildman–Crippen MR) is 98.7 cm³/mol. The molecule has 3 aromatic rings. The van der Waals surface area contributed by atoms with Gasteiger partial charge in [-0.05, 0) is 24.3 Å². The van der Waals surface area contributed by atoms with E-state index in [0.29, 0.717) is 10.9 Å². The molecule has 128 valence electrons. The molecule has 6 heteroatoms. The summed E-state index contributed by atoms with van der Waals surface area (Å²) in [6, 6.07) is 13.6. The van der Waals surface area contributed by atoms with E-state index < -0.39 is 0 Å². The first-order valence-electron chi connectivity index (χ1n) is 8.37. The molecular weight excluding hydrogens is 336 g/mol. The first kappa shape index (κ1) is 16.1. The molecule has 0 unspecified atom stereocenters. The number of aromatic nitrogens is 2. The molecule has 1 fully saturated rings. The van der Waals surface area contributed by atoms with Crippen LogP contribution in [0.3, 0.4) is 0 Å². The van der Waals surface area contributed by atoms with Crippen LogP contribution < -0.4 is 4.90 Å². The number of piperazine rings is 1. The van der Waals surface area contributed by atoms with Gasteiger partial charge in [-0.1, -0.05) is 29.8 Å². The van der Waals surface area contributed by atoms with Crippen molar-refractivity contribution in [3.05, 3.63) is 65.6 Å². The molecule has 1 aliphatic heterocycles. The van der Waals surface area contributed by atoms with Gasteiger partial charge in [0.05, 0.1) is 16.3 Å². The van der Waals surface area contributed by atoms with Crippen molar-refractivity contribution in [2.75, 3.05) is 31.1 Å². The molecule has 4 rings (SSSR count). The van der Waals surface area contributed by atoms with Crippen molar-refractivity contribution in [2.45, 2.75) is 6.54 Å². The lowest BCUT2D eigenvalue weighted by Crippen LogP contribution is -2.46. The zero-order chi connectivity index (χ0) is 17.1. The minimum Gasteiger partial charge on any atom is -0.444 e. The topological polar surface area (TPSA) is 45.4 Å². The molecule has 0 N–H and O–H groups in total. The third kappa shape index (κ3) is 3.67. The van der Waals surface area contributed by atoms with Gasteiger partial charge in [-0.2, -0.15) is 0 Å². The Bertz CT molecular complexity index is 828. The quantitative estimate of drug-likeness (QED) is 0.714. The Morgan fingerprint density at radius 3 is 2.56 bits per heavy atom. The van der Waals surface area contributed by atoms with E-state index in [4.69, 9.17) is 16.0 Å². The lowest BCUT2D eigenvalue weighted by molar-refractivity contribution is 0.246. The maximum Gasteiger partial charge on any atom is 0.227 e. The summed E-state index contributed by atoms with van der Waals surface area (Å²) < 4.78 is 5.62. The highest BCUT2D eigenvalue weighted by Crippen LogP contribution is 2.27. The highest BCUT2D eigenvalue weighted by atomic mass is 35.5. The first-order valence-corrected chi connectivity index (χ1v) is 8.75. The van der Waals surface area contributed by atoms with Crippen molar-refractivity contribution in [2.24, 2.45) is 0 Å². The fourth-order valence-corrected chi connectivity index (χ4v) is 3.26. The Morgan fingerprint density at radius 2 is 1.80 bits per heavy atom. The van der Waals surface area contributed by atoms with Crippen LogP contribution in [0.1, 0.15) is 5.69 Å². The fourth-order valence-electron chi connectivity index (χ4n) is 3.04. The highest BCUT2D eigenvalue weighted by molar-refractivity contribution is 6.33. The van der Waals surface area contributed by atoms with Gasteiger partial charge in [-0.25, -0.2) is 9.97 Å². The van der Waals surface area contributed by atoms with E-state index in [1.807, 2.05) is 42.6 Å². The van der Waals surface area contributed by atoms with Crippen molar-refractivity contribution in [3.63, 3.8) is 0 Å². The number of rotatable bonds is 4. The molecule has 0 radical (unpaired) electrons. The van der Waals surface area contributed by atoms with Gasteiger partial charge in [0.25, 0.3) is 0 Å². The Morgan fingerprint density at radius 1 is 1.00 bits per heavy atom. The van der Waals surface area contributed by atoms with Gasteiger partial charge in [-0.15, -0.1) is 0 Å². The molecular formula is C19H19ClN4O. The van der Waals surface area contributed by atoms with Gasteiger partial charge < -0.3 is 9.32 Å². The summed E-state index contributed by atoms with van der Waals surface area (Å²) in [5.41, 5.74) is 1.76. The number of anilines is 1. The van der Waals surface area contributed by atoms with E-state index in [1.54, 1.807) is 6.26 Å². The van der Waals surface area contributed by atoms with Crippen LogP contribution in [0, 0.1) is 0 Å². The van der Waals surface area contributed by atoms with E-state index in [2.05, 4.69) is 25.8 Å². The van der Waals surface area contributed by atoms with Crippen molar-refractivity contribution in [3.8, 4) is 11.5 Å². The second-order valence-electron chi connectivity index (χ2n) is 6.07. The van der Waals surface area contributed by atoms with Gasteiger partial charge in [0, 0.05) is 38.9 Å². The summed E-state index contributed by atoms with van der Waals surface area (Å²) in [7, 11) is 0. The van der Waals surface area contributed by atoms with E-state index >= 15 is 0 Å². The van der Waals surface area contributed by atoms with Crippen molar-refractivity contribution < 1.29 is 4.42 Å². The largest absolute Gasteiger partial charge is 0.444 e. The minimum absolute atomic E-state index is 0.577. The number of halogens is 1. The average molecular weight is 355 g/mol. The zero-order valence-electron chi connectivity index (χ0n) is 13.8. The minimum atomic E-state index is 0.577. The van der Waals surface area contributed by atoms with Crippen LogP contribution in [0.2, 0.25) is 5.02 Å². The summed E-state index contributed by atoms with van der Waals surface area (Å²) in [6.45, 7) is 4.66. The Labute approximate surface area is 151 Å². The molecule has 0 amide bonds. The van der Waals surface area contributed by atoms with Crippen molar-refractivity contribution in [1.82, 2.24) is 14.9 Å². The molecule has 0 atom stereocenters. The second kappa shape index (κ2) is 7.25. The number of pyridine rings is 1. The normalized spacial score (nSPS) is 15.5. The van der Waals surface area contributed by atoms with E-state index in [1.165, 1.54) is 0 Å². The third-order valence-electron chi connectivity index (χ3n) is 4.39. The van der Waals surface area contributed by atoms with Crippen LogP contribution >= 0.6 is 11.6 Å². The van der Waals surface area contributed by atoms with E-state index in [9.17, 15) is 0 Å². The van der Waals surface area contributed by atoms with Gasteiger partial charge in [0.1, 0.15) is 12.1 Å². The van der Waals surface area contributed by atoms with Crippen LogP contribution in [0.15, 0.2) is 59.3 Å². The standard InChI is InChI=1S/C19H19ClN4O/c20-17-6-2-1-5-16(17)19-22-15(14-25-19)13-23-9-11-24(12-10-23)18-7-3-4-8-21-18/h1-8,14H,9-13H2. The lowest BCUT2D eigenvalue weighted by Gasteiger charge is -2.34. The van der Waals surface area contributed by atoms with Gasteiger partial charge >= 0.3 is 0 Å². The second-order valence-corrected chi connectivity index (χ2v) is 6.48. The molecule has 0 bridgehead atoms. The molecule has 0 aliphatic carbocycles. The summed E-state index contributed by atoms with van der Waals surface area (Å²) in [4.78, 5) is 13.7. The average Bonchev–Trinajstić information content (AvgIpc) is 3.12. The van der Waals surface area contributed by atoms with Crippen LogP contribution in [0.5, 0.6) is 0 Å². The molecule has 1 aromatic carbocycles. The third-order valence-corrected chi connectivity index (χ3v) is 4.72. The molecule has 0 saturated carbocycles. The molecule has 2 aromatic heterocycles. The van der Waals surface area contributed by atoms with Gasteiger partial charge in [-0.3, -0.25) is 4.90 Å². The molecule has 25 heavy (non-hydrogen) atoms. The van der Waals surface area contributed by atoms with Gasteiger partial charge in [0.2, 0.25) is 5.89 Å². The lowest BCUT2D eigenvalue weighted by atomic mass is 10.2.